The van der Waals surface area contributed by atoms with Crippen molar-refractivity contribution in [2.24, 2.45) is 5.92 Å². The van der Waals surface area contributed by atoms with Crippen LogP contribution in [0.3, 0.4) is 0 Å². The van der Waals surface area contributed by atoms with Crippen molar-refractivity contribution >= 4 is 43.3 Å². The molecular weight excluding hydrogens is 470 g/mol. The van der Waals surface area contributed by atoms with Gasteiger partial charge in [0.15, 0.2) is 0 Å². The first-order valence-electron chi connectivity index (χ1n) is 13.1. The molecule has 186 valence electrons. The quantitative estimate of drug-likeness (QED) is 0.239. The lowest BCUT2D eigenvalue weighted by Gasteiger charge is -2.23. The lowest BCUT2D eigenvalue weighted by molar-refractivity contribution is 0.500. The summed E-state index contributed by atoms with van der Waals surface area (Å²) in [6, 6.07) is 24.4. The Hall–Kier alpha value is -3.43. The number of pyridine rings is 1. The molecule has 0 amide bonds. The third-order valence-corrected chi connectivity index (χ3v) is 8.27. The van der Waals surface area contributed by atoms with Crippen LogP contribution in [0.1, 0.15) is 51.5 Å². The third-order valence-electron chi connectivity index (χ3n) is 7.15. The summed E-state index contributed by atoms with van der Waals surface area (Å²) in [7, 11) is 0. The first-order chi connectivity index (χ1) is 17.7. The summed E-state index contributed by atoms with van der Waals surface area (Å²) in [5.74, 6) is 1.62. The van der Waals surface area contributed by atoms with E-state index in [9.17, 15) is 0 Å². The van der Waals surface area contributed by atoms with Crippen LogP contribution in [0.25, 0.3) is 54.3 Å². The average molecular weight is 504 g/mol. The van der Waals surface area contributed by atoms with E-state index in [1.165, 1.54) is 43.3 Å². The van der Waals surface area contributed by atoms with Gasteiger partial charge in [-0.2, -0.15) is 0 Å². The minimum absolute atomic E-state index is 0.0286. The van der Waals surface area contributed by atoms with Gasteiger partial charge in [0.25, 0.3) is 0 Å². The number of aromatic nitrogens is 1. The highest BCUT2D eigenvalue weighted by Crippen LogP contribution is 2.40. The van der Waals surface area contributed by atoms with E-state index in [4.69, 9.17) is 9.40 Å². The Morgan fingerprint density at radius 3 is 2.46 bits per heavy atom. The summed E-state index contributed by atoms with van der Waals surface area (Å²) in [6.07, 6.45) is 0.954. The number of furan rings is 1. The van der Waals surface area contributed by atoms with Crippen LogP contribution in [0.4, 0.5) is 0 Å². The Morgan fingerprint density at radius 1 is 0.892 bits per heavy atom. The van der Waals surface area contributed by atoms with E-state index in [1.807, 2.05) is 0 Å². The van der Waals surface area contributed by atoms with E-state index in [2.05, 4.69) is 114 Å². The highest BCUT2D eigenvalue weighted by atomic mass is 32.1. The molecule has 0 bridgehead atoms. The molecule has 6 rings (SSSR count). The van der Waals surface area contributed by atoms with Crippen molar-refractivity contribution in [3.05, 3.63) is 89.0 Å². The number of benzene rings is 3. The molecule has 3 aromatic carbocycles. The van der Waals surface area contributed by atoms with E-state index in [1.54, 1.807) is 11.3 Å². The second-order valence-electron chi connectivity index (χ2n) is 11.7. The van der Waals surface area contributed by atoms with Crippen LogP contribution < -0.4 is 0 Å². The van der Waals surface area contributed by atoms with Crippen LogP contribution in [-0.4, -0.2) is 4.98 Å². The highest BCUT2D eigenvalue weighted by Gasteiger charge is 2.20. The van der Waals surface area contributed by atoms with E-state index < -0.39 is 0 Å². The largest absolute Gasteiger partial charge is 0.461 e. The molecule has 6 aromatic rings. The number of fused-ring (bicyclic) bond motifs is 3. The summed E-state index contributed by atoms with van der Waals surface area (Å²) < 4.78 is 7.37. The predicted molar refractivity (Wildman–Crippen MR) is 160 cm³/mol. The molecule has 0 aliphatic heterocycles. The van der Waals surface area contributed by atoms with Crippen LogP contribution in [0.15, 0.2) is 76.5 Å². The molecule has 0 atom stereocenters. The monoisotopic (exact) mass is 503 g/mol. The maximum absolute atomic E-state index is 6.13. The Balaban J connectivity index is 1.56. The van der Waals surface area contributed by atoms with Crippen molar-refractivity contribution in [1.82, 2.24) is 4.98 Å². The van der Waals surface area contributed by atoms with E-state index >= 15 is 0 Å². The van der Waals surface area contributed by atoms with Crippen molar-refractivity contribution in [1.29, 1.82) is 0 Å². The summed E-state index contributed by atoms with van der Waals surface area (Å²) in [6.45, 7) is 13.5. The lowest BCUT2D eigenvalue weighted by Crippen LogP contribution is -2.12. The van der Waals surface area contributed by atoms with Crippen molar-refractivity contribution in [3.8, 4) is 22.4 Å². The van der Waals surface area contributed by atoms with E-state index in [0.29, 0.717) is 5.92 Å². The van der Waals surface area contributed by atoms with Crippen molar-refractivity contribution in [2.75, 3.05) is 0 Å². The summed E-state index contributed by atoms with van der Waals surface area (Å²) in [5.41, 5.74) is 9.28. The molecule has 0 N–H and O–H groups in total. The molecule has 3 heteroatoms. The fraction of sp³-hybridized carbons (Fsp3) is 0.265. The number of thiophene rings is 1. The summed E-state index contributed by atoms with van der Waals surface area (Å²) >= 11 is 1.78. The summed E-state index contributed by atoms with van der Waals surface area (Å²) in [5, 5.41) is 5.96. The molecule has 3 heterocycles. The number of hydrogen-bond acceptors (Lipinski definition) is 3. The van der Waals surface area contributed by atoms with E-state index in [0.717, 1.165) is 34.4 Å². The fourth-order valence-corrected chi connectivity index (χ4v) is 6.36. The smallest absolute Gasteiger partial charge is 0.134 e. The zero-order chi connectivity index (χ0) is 25.9. The number of hydrogen-bond donors (Lipinski definition) is 0. The maximum Gasteiger partial charge on any atom is 0.134 e. The Bertz CT molecular complexity index is 1780. The van der Waals surface area contributed by atoms with Gasteiger partial charge in [0.05, 0.1) is 15.9 Å². The Kier molecular flexibility index (Phi) is 5.72. The van der Waals surface area contributed by atoms with Crippen LogP contribution in [0.5, 0.6) is 0 Å². The van der Waals surface area contributed by atoms with Gasteiger partial charge in [-0.3, -0.25) is 0 Å². The number of nitrogens with zero attached hydrogens (tertiary/aromatic N) is 1. The SMILES string of the molecule is Cc1csc2c(-c3ccc4oc(CC(C)C)cc4c3)cc(-c3cc(C(C)(C)C)c4ccccc4c3)nc12. The minimum atomic E-state index is 0.0286. The average Bonchev–Trinajstić information content (AvgIpc) is 3.43. The highest BCUT2D eigenvalue weighted by molar-refractivity contribution is 7.18. The molecular formula is C34H33NOS. The van der Waals surface area contributed by atoms with Gasteiger partial charge < -0.3 is 4.42 Å². The molecule has 0 aliphatic carbocycles. The predicted octanol–water partition coefficient (Wildman–Crippen LogP) is 10.3. The molecule has 2 nitrogen and oxygen atoms in total. The second kappa shape index (κ2) is 8.85. The van der Waals surface area contributed by atoms with Crippen LogP contribution in [0, 0.1) is 12.8 Å². The second-order valence-corrected chi connectivity index (χ2v) is 12.6. The van der Waals surface area contributed by atoms with Gasteiger partial charge in [-0.05, 0) is 87.5 Å². The van der Waals surface area contributed by atoms with Gasteiger partial charge in [0.1, 0.15) is 11.3 Å². The molecule has 0 unspecified atom stereocenters. The number of rotatable bonds is 4. The maximum atomic E-state index is 6.13. The molecule has 37 heavy (non-hydrogen) atoms. The van der Waals surface area contributed by atoms with Crippen LogP contribution in [-0.2, 0) is 11.8 Å². The Morgan fingerprint density at radius 2 is 1.68 bits per heavy atom. The molecule has 0 spiro atoms. The molecule has 0 fully saturated rings. The molecule has 0 saturated carbocycles. The van der Waals surface area contributed by atoms with Crippen LogP contribution in [0.2, 0.25) is 0 Å². The summed E-state index contributed by atoms with van der Waals surface area (Å²) in [4.78, 5) is 5.21. The van der Waals surface area contributed by atoms with Crippen molar-refractivity contribution < 1.29 is 4.42 Å². The molecule has 3 aromatic heterocycles. The minimum Gasteiger partial charge on any atom is -0.461 e. The normalized spacial score (nSPS) is 12.4. The Labute approximate surface area is 223 Å². The zero-order valence-electron chi connectivity index (χ0n) is 22.5. The lowest BCUT2D eigenvalue weighted by atomic mass is 9.82. The van der Waals surface area contributed by atoms with Crippen molar-refractivity contribution in [3.63, 3.8) is 0 Å². The van der Waals surface area contributed by atoms with Crippen LogP contribution >= 0.6 is 11.3 Å². The molecule has 0 saturated heterocycles. The van der Waals surface area contributed by atoms with Crippen molar-refractivity contribution in [2.45, 2.75) is 53.4 Å². The topological polar surface area (TPSA) is 26.0 Å². The molecule has 0 radical (unpaired) electrons. The van der Waals surface area contributed by atoms with Gasteiger partial charge in [0.2, 0.25) is 0 Å². The fourth-order valence-electron chi connectivity index (χ4n) is 5.33. The first kappa shape index (κ1) is 23.9. The molecule has 0 aliphatic rings. The van der Waals surface area contributed by atoms with Gasteiger partial charge in [-0.25, -0.2) is 4.98 Å². The van der Waals surface area contributed by atoms with E-state index in [-0.39, 0.29) is 5.41 Å². The van der Waals surface area contributed by atoms with Gasteiger partial charge in [-0.1, -0.05) is 65.0 Å². The third kappa shape index (κ3) is 4.36. The standard InChI is InChI=1S/C34H33NOS/c1-20(2)13-26-16-25-15-23(11-12-31(25)36-26)28-18-30(35-32-21(3)19-37-33(28)32)24-14-22-9-7-8-10-27(22)29(17-24)34(4,5)6/h7-12,14-20H,13H2,1-6H3. The first-order valence-corrected chi connectivity index (χ1v) is 14.0. The van der Waals surface area contributed by atoms with Gasteiger partial charge in [0, 0.05) is 22.9 Å². The zero-order valence-corrected chi connectivity index (χ0v) is 23.3. The van der Waals surface area contributed by atoms with Gasteiger partial charge in [-0.15, -0.1) is 11.3 Å². The van der Waals surface area contributed by atoms with Gasteiger partial charge >= 0.3 is 0 Å². The number of aryl methyl sites for hydroxylation is 1.